The second-order valence-electron chi connectivity index (χ2n) is 6.99. The molecule has 0 saturated heterocycles. The molecule has 1 aliphatic carbocycles. The molecule has 1 atom stereocenters. The molecular weight excluding hydrogens is 280 g/mol. The Kier molecular flexibility index (Phi) is 4.94. The maximum atomic E-state index is 12.1. The summed E-state index contributed by atoms with van der Waals surface area (Å²) in [5.41, 5.74) is 1.23. The Labute approximate surface area is 131 Å². The van der Waals surface area contributed by atoms with Gasteiger partial charge in [-0.25, -0.2) is 0 Å². The van der Waals surface area contributed by atoms with Gasteiger partial charge in [-0.05, 0) is 31.2 Å². The monoisotopic (exact) mass is 306 g/mol. The van der Waals surface area contributed by atoms with Crippen LogP contribution in [0, 0.1) is 12.3 Å². The van der Waals surface area contributed by atoms with Crippen LogP contribution in [0.4, 0.5) is 0 Å². The van der Waals surface area contributed by atoms with E-state index in [0.29, 0.717) is 19.4 Å². The van der Waals surface area contributed by atoms with Gasteiger partial charge in [0.2, 0.25) is 11.8 Å². The summed E-state index contributed by atoms with van der Waals surface area (Å²) in [6.07, 6.45) is 2.89. The topological polar surface area (TPSA) is 71.3 Å². The highest BCUT2D eigenvalue weighted by Gasteiger charge is 2.35. The number of rotatable bonds is 5. The predicted octanol–water partition coefficient (Wildman–Crippen LogP) is 2.63. The minimum atomic E-state index is -0.0621. The fraction of sp³-hybridized carbons (Fsp3) is 0.647. The van der Waals surface area contributed by atoms with Gasteiger partial charge in [0.05, 0.1) is 6.04 Å². The van der Waals surface area contributed by atoms with Crippen molar-refractivity contribution in [3.63, 3.8) is 0 Å². The van der Waals surface area contributed by atoms with Crippen molar-refractivity contribution in [1.29, 1.82) is 0 Å². The molecule has 0 saturated carbocycles. The van der Waals surface area contributed by atoms with Crippen LogP contribution >= 0.6 is 0 Å². The lowest BCUT2D eigenvalue weighted by Gasteiger charge is -2.34. The minimum absolute atomic E-state index is 0.0180. The predicted molar refractivity (Wildman–Crippen MR) is 84.3 cm³/mol. The molecule has 2 rings (SSSR count). The number of carbonyl (C=O) groups excluding carboxylic acids is 2. The molecule has 5 heteroatoms. The zero-order chi connectivity index (χ0) is 16.3. The van der Waals surface area contributed by atoms with Crippen LogP contribution in [-0.2, 0) is 16.0 Å². The van der Waals surface area contributed by atoms with Crippen LogP contribution in [0.5, 0.6) is 0 Å². The van der Waals surface area contributed by atoms with Crippen molar-refractivity contribution >= 4 is 11.8 Å². The molecule has 22 heavy (non-hydrogen) atoms. The highest BCUT2D eigenvalue weighted by atomic mass is 16.3. The number of hydrogen-bond acceptors (Lipinski definition) is 3. The Bertz CT molecular complexity index is 560. The third-order valence-corrected chi connectivity index (χ3v) is 4.03. The molecule has 0 radical (unpaired) electrons. The van der Waals surface area contributed by atoms with Crippen LogP contribution in [0.3, 0.4) is 0 Å². The Morgan fingerprint density at radius 3 is 2.82 bits per heavy atom. The van der Waals surface area contributed by atoms with E-state index in [2.05, 4.69) is 24.5 Å². The van der Waals surface area contributed by atoms with E-state index in [1.807, 2.05) is 13.0 Å². The fourth-order valence-electron chi connectivity index (χ4n) is 3.09. The van der Waals surface area contributed by atoms with E-state index in [0.717, 1.165) is 29.9 Å². The third kappa shape index (κ3) is 4.36. The molecule has 1 aliphatic rings. The Hall–Kier alpha value is -1.78. The highest BCUT2D eigenvalue weighted by Crippen LogP contribution is 2.41. The van der Waals surface area contributed by atoms with Gasteiger partial charge in [0, 0.05) is 31.9 Å². The van der Waals surface area contributed by atoms with Crippen molar-refractivity contribution in [3.8, 4) is 0 Å². The number of nitrogens with one attached hydrogen (secondary N) is 2. The van der Waals surface area contributed by atoms with Crippen LogP contribution < -0.4 is 10.6 Å². The summed E-state index contributed by atoms with van der Waals surface area (Å²) in [4.78, 5) is 22.9. The van der Waals surface area contributed by atoms with Gasteiger partial charge in [-0.3, -0.25) is 9.59 Å². The van der Waals surface area contributed by atoms with Crippen LogP contribution in [0.2, 0.25) is 0 Å². The lowest BCUT2D eigenvalue weighted by Crippen LogP contribution is -2.36. The Morgan fingerprint density at radius 1 is 1.41 bits per heavy atom. The maximum absolute atomic E-state index is 12.1. The zero-order valence-corrected chi connectivity index (χ0v) is 13.9. The molecule has 122 valence electrons. The van der Waals surface area contributed by atoms with E-state index in [1.165, 1.54) is 6.92 Å². The largest absolute Gasteiger partial charge is 0.466 e. The molecule has 0 fully saturated rings. The van der Waals surface area contributed by atoms with E-state index >= 15 is 0 Å². The first kappa shape index (κ1) is 16.6. The SMILES string of the molecule is CC(=O)NCCCC(=O)N[C@H]1CC(C)(C)Cc2oc(C)cc21. The van der Waals surface area contributed by atoms with Gasteiger partial charge < -0.3 is 15.1 Å². The molecule has 1 heterocycles. The van der Waals surface area contributed by atoms with Crippen molar-refractivity contribution in [3.05, 3.63) is 23.2 Å². The smallest absolute Gasteiger partial charge is 0.220 e. The summed E-state index contributed by atoms with van der Waals surface area (Å²) < 4.78 is 5.78. The first-order valence-electron chi connectivity index (χ1n) is 7.90. The number of fused-ring (bicyclic) bond motifs is 1. The van der Waals surface area contributed by atoms with Crippen molar-refractivity contribution in [1.82, 2.24) is 10.6 Å². The molecule has 2 amide bonds. The first-order valence-corrected chi connectivity index (χ1v) is 7.90. The number of hydrogen-bond donors (Lipinski definition) is 2. The molecule has 0 unspecified atom stereocenters. The quantitative estimate of drug-likeness (QED) is 0.822. The van der Waals surface area contributed by atoms with E-state index < -0.39 is 0 Å². The summed E-state index contributed by atoms with van der Waals surface area (Å²) in [7, 11) is 0. The third-order valence-electron chi connectivity index (χ3n) is 4.03. The van der Waals surface area contributed by atoms with E-state index in [1.54, 1.807) is 0 Å². The van der Waals surface area contributed by atoms with Gasteiger partial charge in [-0.2, -0.15) is 0 Å². The second kappa shape index (κ2) is 6.55. The average molecular weight is 306 g/mol. The van der Waals surface area contributed by atoms with Gasteiger partial charge in [0.25, 0.3) is 0 Å². The van der Waals surface area contributed by atoms with Crippen LogP contribution in [0.1, 0.15) is 63.2 Å². The number of furan rings is 1. The van der Waals surface area contributed by atoms with Gasteiger partial charge in [-0.15, -0.1) is 0 Å². The normalized spacial score (nSPS) is 19.4. The molecule has 0 bridgehead atoms. The Balaban J connectivity index is 1.94. The standard InChI is InChI=1S/C17H26N2O3/c1-11-8-13-14(9-17(3,4)10-15(13)22-11)19-16(21)6-5-7-18-12(2)20/h8,14H,5-7,9-10H2,1-4H3,(H,18,20)(H,19,21)/t14-/m0/s1. The van der Waals surface area contributed by atoms with Gasteiger partial charge >= 0.3 is 0 Å². The molecule has 1 aromatic rings. The van der Waals surface area contributed by atoms with Crippen LogP contribution in [0.25, 0.3) is 0 Å². The van der Waals surface area contributed by atoms with Crippen molar-refractivity contribution in [2.24, 2.45) is 5.41 Å². The number of amides is 2. The van der Waals surface area contributed by atoms with Crippen molar-refractivity contribution in [2.75, 3.05) is 6.54 Å². The summed E-state index contributed by atoms with van der Waals surface area (Å²) in [6, 6.07) is 2.05. The van der Waals surface area contributed by atoms with Crippen LogP contribution in [0.15, 0.2) is 10.5 Å². The fourth-order valence-corrected chi connectivity index (χ4v) is 3.09. The number of carbonyl (C=O) groups is 2. The van der Waals surface area contributed by atoms with Crippen molar-refractivity contribution in [2.45, 2.75) is 59.4 Å². The van der Waals surface area contributed by atoms with Gasteiger partial charge in [-0.1, -0.05) is 13.8 Å². The van der Waals surface area contributed by atoms with Gasteiger partial charge in [0.1, 0.15) is 11.5 Å². The number of aryl methyl sites for hydroxylation is 1. The first-order chi connectivity index (χ1) is 10.3. The lowest BCUT2D eigenvalue weighted by molar-refractivity contribution is -0.123. The summed E-state index contributed by atoms with van der Waals surface area (Å²) in [5, 5.41) is 5.82. The summed E-state index contributed by atoms with van der Waals surface area (Å²) >= 11 is 0. The summed E-state index contributed by atoms with van der Waals surface area (Å²) in [6.45, 7) is 8.35. The van der Waals surface area contributed by atoms with Crippen LogP contribution in [-0.4, -0.2) is 18.4 Å². The Morgan fingerprint density at radius 2 is 2.14 bits per heavy atom. The maximum Gasteiger partial charge on any atom is 0.220 e. The molecule has 0 aliphatic heterocycles. The summed E-state index contributed by atoms with van der Waals surface area (Å²) in [5.74, 6) is 1.86. The molecule has 5 nitrogen and oxygen atoms in total. The molecule has 2 N–H and O–H groups in total. The second-order valence-corrected chi connectivity index (χ2v) is 6.99. The highest BCUT2D eigenvalue weighted by molar-refractivity contribution is 5.76. The molecular formula is C17H26N2O3. The van der Waals surface area contributed by atoms with E-state index in [-0.39, 0.29) is 23.3 Å². The average Bonchev–Trinajstić information content (AvgIpc) is 2.73. The lowest BCUT2D eigenvalue weighted by atomic mass is 9.74. The van der Waals surface area contributed by atoms with Crippen molar-refractivity contribution < 1.29 is 14.0 Å². The zero-order valence-electron chi connectivity index (χ0n) is 13.9. The van der Waals surface area contributed by atoms with E-state index in [4.69, 9.17) is 4.42 Å². The van der Waals surface area contributed by atoms with E-state index in [9.17, 15) is 9.59 Å². The van der Waals surface area contributed by atoms with Gasteiger partial charge in [0.15, 0.2) is 0 Å². The minimum Gasteiger partial charge on any atom is -0.466 e. The molecule has 0 spiro atoms. The molecule has 0 aromatic carbocycles. The molecule has 1 aromatic heterocycles.